The predicted molar refractivity (Wildman–Crippen MR) is 65.5 cm³/mol. The van der Waals surface area contributed by atoms with Crippen molar-refractivity contribution in [3.8, 4) is 0 Å². The number of carbonyl (C=O) groups is 1. The molecule has 0 radical (unpaired) electrons. The number of hydrogen-bond acceptors (Lipinski definition) is 3. The average Bonchev–Trinajstić information content (AvgIpc) is 2.28. The molecule has 2 N–H and O–H groups in total. The fraction of sp³-hybridized carbons (Fsp3) is 0.455. The number of halogens is 1. The molecule has 0 aliphatic carbocycles. The van der Waals surface area contributed by atoms with Crippen LogP contribution in [0.3, 0.4) is 0 Å². The van der Waals surface area contributed by atoms with Crippen molar-refractivity contribution in [1.82, 2.24) is 9.88 Å². The van der Waals surface area contributed by atoms with Crippen molar-refractivity contribution in [2.24, 2.45) is 0 Å². The first-order valence-electron chi connectivity index (χ1n) is 5.22. The van der Waals surface area contributed by atoms with Crippen molar-refractivity contribution in [2.45, 2.75) is 19.8 Å². The SMILES string of the molecule is CCCCN(C)C(=O)c1cc(N)ncc1Cl. The minimum absolute atomic E-state index is 0.118. The van der Waals surface area contributed by atoms with Gasteiger partial charge in [0.25, 0.3) is 5.91 Å². The number of amides is 1. The molecule has 16 heavy (non-hydrogen) atoms. The average molecular weight is 242 g/mol. The van der Waals surface area contributed by atoms with Crippen molar-refractivity contribution < 1.29 is 4.79 Å². The minimum Gasteiger partial charge on any atom is -0.384 e. The molecular formula is C11H16ClN3O. The lowest BCUT2D eigenvalue weighted by Crippen LogP contribution is -2.28. The highest BCUT2D eigenvalue weighted by molar-refractivity contribution is 6.33. The van der Waals surface area contributed by atoms with Gasteiger partial charge in [0.15, 0.2) is 0 Å². The first kappa shape index (κ1) is 12.8. The Bertz CT molecular complexity index is 381. The maximum Gasteiger partial charge on any atom is 0.255 e. The number of nitrogens with two attached hydrogens (primary N) is 1. The van der Waals surface area contributed by atoms with E-state index in [4.69, 9.17) is 17.3 Å². The van der Waals surface area contributed by atoms with Gasteiger partial charge in [0.1, 0.15) is 5.82 Å². The van der Waals surface area contributed by atoms with Gasteiger partial charge in [-0.2, -0.15) is 0 Å². The largest absolute Gasteiger partial charge is 0.384 e. The molecule has 0 aromatic carbocycles. The number of carbonyl (C=O) groups excluding carboxylic acids is 1. The zero-order valence-electron chi connectivity index (χ0n) is 9.53. The summed E-state index contributed by atoms with van der Waals surface area (Å²) in [6, 6.07) is 1.51. The molecule has 0 aliphatic rings. The summed E-state index contributed by atoms with van der Waals surface area (Å²) < 4.78 is 0. The van der Waals surface area contributed by atoms with E-state index in [0.717, 1.165) is 12.8 Å². The van der Waals surface area contributed by atoms with Gasteiger partial charge in [0.2, 0.25) is 0 Å². The van der Waals surface area contributed by atoms with E-state index in [-0.39, 0.29) is 5.91 Å². The molecule has 1 amide bonds. The summed E-state index contributed by atoms with van der Waals surface area (Å²) in [5.41, 5.74) is 5.94. The van der Waals surface area contributed by atoms with E-state index in [9.17, 15) is 4.79 Å². The van der Waals surface area contributed by atoms with E-state index < -0.39 is 0 Å². The Kier molecular flexibility index (Phi) is 4.55. The van der Waals surface area contributed by atoms with E-state index in [1.807, 2.05) is 0 Å². The van der Waals surface area contributed by atoms with Crippen molar-refractivity contribution in [3.05, 3.63) is 22.8 Å². The maximum absolute atomic E-state index is 12.0. The lowest BCUT2D eigenvalue weighted by molar-refractivity contribution is 0.0793. The summed E-state index contributed by atoms with van der Waals surface area (Å²) in [6.07, 6.45) is 3.42. The molecule has 0 spiro atoms. The quantitative estimate of drug-likeness (QED) is 0.879. The maximum atomic E-state index is 12.0. The van der Waals surface area contributed by atoms with Gasteiger partial charge in [-0.15, -0.1) is 0 Å². The molecule has 4 nitrogen and oxygen atoms in total. The number of nitrogen functional groups attached to an aromatic ring is 1. The molecule has 0 atom stereocenters. The number of rotatable bonds is 4. The van der Waals surface area contributed by atoms with Crippen LogP contribution in [0.1, 0.15) is 30.1 Å². The molecule has 1 rings (SSSR count). The Morgan fingerprint density at radius 3 is 2.94 bits per heavy atom. The zero-order valence-corrected chi connectivity index (χ0v) is 10.3. The molecule has 1 heterocycles. The molecule has 5 heteroatoms. The fourth-order valence-corrected chi connectivity index (χ4v) is 1.51. The normalized spacial score (nSPS) is 10.2. The lowest BCUT2D eigenvalue weighted by atomic mass is 10.2. The van der Waals surface area contributed by atoms with Gasteiger partial charge >= 0.3 is 0 Å². The Morgan fingerprint density at radius 2 is 2.31 bits per heavy atom. The van der Waals surface area contributed by atoms with Gasteiger partial charge in [-0.25, -0.2) is 4.98 Å². The van der Waals surface area contributed by atoms with Gasteiger partial charge in [-0.05, 0) is 12.5 Å². The second kappa shape index (κ2) is 5.70. The van der Waals surface area contributed by atoms with Crippen molar-refractivity contribution in [1.29, 1.82) is 0 Å². The number of pyridine rings is 1. The molecule has 88 valence electrons. The first-order valence-corrected chi connectivity index (χ1v) is 5.60. The van der Waals surface area contributed by atoms with E-state index >= 15 is 0 Å². The molecular weight excluding hydrogens is 226 g/mol. The lowest BCUT2D eigenvalue weighted by Gasteiger charge is -2.17. The van der Waals surface area contributed by atoms with Crippen LogP contribution in [0.2, 0.25) is 5.02 Å². The first-order chi connectivity index (χ1) is 7.56. The number of hydrogen-bond donors (Lipinski definition) is 1. The van der Waals surface area contributed by atoms with Crippen LogP contribution in [0.15, 0.2) is 12.3 Å². The van der Waals surface area contributed by atoms with Crippen LogP contribution in [-0.2, 0) is 0 Å². The summed E-state index contributed by atoms with van der Waals surface area (Å²) in [5.74, 6) is 0.184. The molecule has 0 fully saturated rings. The molecule has 0 saturated carbocycles. The van der Waals surface area contributed by atoms with E-state index in [2.05, 4.69) is 11.9 Å². The van der Waals surface area contributed by atoms with E-state index in [0.29, 0.717) is 22.9 Å². The zero-order chi connectivity index (χ0) is 12.1. The van der Waals surface area contributed by atoms with Crippen molar-refractivity contribution in [2.75, 3.05) is 19.3 Å². The molecule has 0 saturated heterocycles. The van der Waals surface area contributed by atoms with Gasteiger partial charge in [0.05, 0.1) is 10.6 Å². The van der Waals surface area contributed by atoms with Crippen LogP contribution < -0.4 is 5.73 Å². The highest BCUT2D eigenvalue weighted by Crippen LogP contribution is 2.18. The van der Waals surface area contributed by atoms with Gasteiger partial charge in [-0.1, -0.05) is 24.9 Å². The van der Waals surface area contributed by atoms with Gasteiger partial charge in [-0.3, -0.25) is 4.79 Å². The topological polar surface area (TPSA) is 59.2 Å². The van der Waals surface area contributed by atoms with Crippen molar-refractivity contribution in [3.63, 3.8) is 0 Å². The Labute approximate surface area is 100 Å². The third kappa shape index (κ3) is 3.10. The van der Waals surface area contributed by atoms with Crippen LogP contribution in [-0.4, -0.2) is 29.4 Å². The minimum atomic E-state index is -0.118. The molecule has 1 aromatic rings. The third-order valence-corrected chi connectivity index (χ3v) is 2.60. The van der Waals surface area contributed by atoms with E-state index in [1.165, 1.54) is 12.3 Å². The van der Waals surface area contributed by atoms with Gasteiger partial charge in [0, 0.05) is 19.8 Å². The van der Waals surface area contributed by atoms with Crippen LogP contribution in [0.4, 0.5) is 5.82 Å². The van der Waals surface area contributed by atoms with Crippen molar-refractivity contribution >= 4 is 23.3 Å². The number of anilines is 1. The summed E-state index contributed by atoms with van der Waals surface area (Å²) in [6.45, 7) is 2.80. The predicted octanol–water partition coefficient (Wildman–Crippen LogP) is 2.19. The summed E-state index contributed by atoms with van der Waals surface area (Å²) in [5, 5.41) is 0.336. The number of nitrogens with zero attached hydrogens (tertiary/aromatic N) is 2. The van der Waals surface area contributed by atoms with Gasteiger partial charge < -0.3 is 10.6 Å². The second-order valence-electron chi connectivity index (χ2n) is 3.67. The molecule has 0 unspecified atom stereocenters. The van der Waals surface area contributed by atoms with Crippen LogP contribution in [0.5, 0.6) is 0 Å². The third-order valence-electron chi connectivity index (χ3n) is 2.30. The second-order valence-corrected chi connectivity index (χ2v) is 4.08. The Balaban J connectivity index is 2.83. The highest BCUT2D eigenvalue weighted by atomic mass is 35.5. The van der Waals surface area contributed by atoms with Crippen LogP contribution in [0, 0.1) is 0 Å². The Hall–Kier alpha value is -1.29. The number of unbranched alkanes of at least 4 members (excludes halogenated alkanes) is 1. The molecule has 0 aliphatic heterocycles. The fourth-order valence-electron chi connectivity index (χ4n) is 1.32. The van der Waals surface area contributed by atoms with E-state index in [1.54, 1.807) is 11.9 Å². The summed E-state index contributed by atoms with van der Waals surface area (Å²) in [4.78, 5) is 17.4. The summed E-state index contributed by atoms with van der Waals surface area (Å²) in [7, 11) is 1.75. The van der Waals surface area contributed by atoms with Crippen LogP contribution >= 0.6 is 11.6 Å². The standard InChI is InChI=1S/C11H16ClN3O/c1-3-4-5-15(2)11(16)8-6-10(13)14-7-9(8)12/h6-7H,3-5H2,1-2H3,(H2,13,14). The molecule has 0 bridgehead atoms. The monoisotopic (exact) mass is 241 g/mol. The Morgan fingerprint density at radius 1 is 1.62 bits per heavy atom. The van der Waals surface area contributed by atoms with Crippen LogP contribution in [0.25, 0.3) is 0 Å². The molecule has 1 aromatic heterocycles. The highest BCUT2D eigenvalue weighted by Gasteiger charge is 2.15. The number of aromatic nitrogens is 1. The summed E-state index contributed by atoms with van der Waals surface area (Å²) >= 11 is 5.90. The smallest absolute Gasteiger partial charge is 0.255 e.